The molecule has 126 valence electrons. The van der Waals surface area contributed by atoms with E-state index in [9.17, 15) is 9.59 Å². The lowest BCUT2D eigenvalue weighted by atomic mass is 9.78. The minimum Gasteiger partial charge on any atom is -0.383 e. The van der Waals surface area contributed by atoms with E-state index in [2.05, 4.69) is 6.92 Å². The van der Waals surface area contributed by atoms with Gasteiger partial charge in [-0.05, 0) is 34.7 Å². The Hall–Kier alpha value is -1.40. The molecule has 23 heavy (non-hydrogen) atoms. The number of thiophene rings is 1. The number of hydrogen-bond acceptors (Lipinski definition) is 4. The maximum atomic E-state index is 12.9. The summed E-state index contributed by atoms with van der Waals surface area (Å²) >= 11 is 1.61. The van der Waals surface area contributed by atoms with Crippen molar-refractivity contribution in [2.75, 3.05) is 39.9 Å². The van der Waals surface area contributed by atoms with Gasteiger partial charge in [0.25, 0.3) is 0 Å². The molecule has 3 heterocycles. The van der Waals surface area contributed by atoms with Crippen LogP contribution in [0.2, 0.25) is 0 Å². The van der Waals surface area contributed by atoms with Crippen LogP contribution in [-0.2, 0) is 20.7 Å². The molecule has 0 bridgehead atoms. The highest BCUT2D eigenvalue weighted by Crippen LogP contribution is 2.44. The maximum absolute atomic E-state index is 12.9. The monoisotopic (exact) mass is 336 g/mol. The molecule has 1 aromatic heterocycles. The first-order valence-electron chi connectivity index (χ1n) is 8.14. The molecule has 5 nitrogen and oxygen atoms in total. The second-order valence-electron chi connectivity index (χ2n) is 6.67. The van der Waals surface area contributed by atoms with E-state index in [4.69, 9.17) is 4.74 Å². The normalized spacial score (nSPS) is 27.4. The quantitative estimate of drug-likeness (QED) is 0.821. The lowest BCUT2D eigenvalue weighted by Gasteiger charge is -2.26. The molecule has 0 saturated carbocycles. The molecule has 0 unspecified atom stereocenters. The molecule has 2 aliphatic rings. The van der Waals surface area contributed by atoms with Crippen LogP contribution in [0.1, 0.15) is 18.9 Å². The Morgan fingerprint density at radius 2 is 2.35 bits per heavy atom. The van der Waals surface area contributed by atoms with E-state index >= 15 is 0 Å². The number of amides is 2. The Bertz CT molecular complexity index is 574. The molecule has 0 radical (unpaired) electrons. The predicted molar refractivity (Wildman–Crippen MR) is 89.3 cm³/mol. The predicted octanol–water partition coefficient (Wildman–Crippen LogP) is 1.63. The zero-order chi connectivity index (χ0) is 16.4. The smallest absolute Gasteiger partial charge is 0.231 e. The van der Waals surface area contributed by atoms with E-state index in [0.717, 1.165) is 18.5 Å². The second kappa shape index (κ2) is 6.61. The van der Waals surface area contributed by atoms with Crippen LogP contribution in [0, 0.1) is 11.3 Å². The number of ether oxygens (including phenoxy) is 1. The highest BCUT2D eigenvalue weighted by molar-refractivity contribution is 7.08. The van der Waals surface area contributed by atoms with E-state index in [-0.39, 0.29) is 23.1 Å². The number of likely N-dealkylation sites (tertiary alicyclic amines) is 2. The van der Waals surface area contributed by atoms with E-state index in [0.29, 0.717) is 32.7 Å². The summed E-state index contributed by atoms with van der Waals surface area (Å²) in [5, 5.41) is 4.01. The van der Waals surface area contributed by atoms with Crippen molar-refractivity contribution in [3.8, 4) is 0 Å². The van der Waals surface area contributed by atoms with Gasteiger partial charge in [-0.1, -0.05) is 6.92 Å². The molecular weight excluding hydrogens is 312 g/mol. The van der Waals surface area contributed by atoms with E-state index < -0.39 is 0 Å². The summed E-state index contributed by atoms with van der Waals surface area (Å²) in [4.78, 5) is 29.2. The van der Waals surface area contributed by atoms with Crippen LogP contribution in [0.3, 0.4) is 0 Å². The van der Waals surface area contributed by atoms with E-state index in [1.54, 1.807) is 18.4 Å². The largest absolute Gasteiger partial charge is 0.383 e. The molecular formula is C17H24N2O3S. The fraction of sp³-hybridized carbons (Fsp3) is 0.647. The summed E-state index contributed by atoms with van der Waals surface area (Å²) in [6, 6.07) is 1.99. The molecule has 6 heteroatoms. The van der Waals surface area contributed by atoms with Crippen LogP contribution in [0.25, 0.3) is 0 Å². The van der Waals surface area contributed by atoms with Gasteiger partial charge in [-0.2, -0.15) is 11.3 Å². The van der Waals surface area contributed by atoms with Crippen LogP contribution in [0.5, 0.6) is 0 Å². The maximum Gasteiger partial charge on any atom is 0.231 e. The van der Waals surface area contributed by atoms with Crippen molar-refractivity contribution in [1.29, 1.82) is 0 Å². The zero-order valence-corrected chi connectivity index (χ0v) is 14.6. The molecule has 2 amide bonds. The number of methoxy groups -OCH3 is 1. The van der Waals surface area contributed by atoms with Gasteiger partial charge in [0.15, 0.2) is 0 Å². The van der Waals surface area contributed by atoms with E-state index in [1.165, 1.54) is 0 Å². The number of rotatable bonds is 5. The molecule has 2 atom stereocenters. The molecule has 3 rings (SSSR count). The van der Waals surface area contributed by atoms with Crippen molar-refractivity contribution in [3.63, 3.8) is 0 Å². The van der Waals surface area contributed by atoms with Gasteiger partial charge in [-0.25, -0.2) is 0 Å². The molecule has 2 fully saturated rings. The van der Waals surface area contributed by atoms with Gasteiger partial charge < -0.3 is 14.5 Å². The molecule has 1 spiro atoms. The lowest BCUT2D eigenvalue weighted by Crippen LogP contribution is -2.41. The van der Waals surface area contributed by atoms with Crippen LogP contribution >= 0.6 is 11.3 Å². The molecule has 0 N–H and O–H groups in total. The highest BCUT2D eigenvalue weighted by Gasteiger charge is 2.55. The number of carbonyl (C=O) groups excluding carboxylic acids is 2. The summed E-state index contributed by atoms with van der Waals surface area (Å²) in [6.45, 7) is 5.35. The average Bonchev–Trinajstić information content (AvgIpc) is 3.22. The fourth-order valence-electron chi connectivity index (χ4n) is 3.81. The summed E-state index contributed by atoms with van der Waals surface area (Å²) in [5.41, 5.74) is 0.686. The van der Waals surface area contributed by atoms with E-state index in [1.807, 2.05) is 26.6 Å². The second-order valence-corrected chi connectivity index (χ2v) is 7.45. The van der Waals surface area contributed by atoms with Gasteiger partial charge in [-0.15, -0.1) is 0 Å². The van der Waals surface area contributed by atoms with Gasteiger partial charge in [0.05, 0.1) is 18.4 Å². The van der Waals surface area contributed by atoms with Crippen LogP contribution in [0.4, 0.5) is 0 Å². The van der Waals surface area contributed by atoms with Gasteiger partial charge in [0.2, 0.25) is 11.8 Å². The fourth-order valence-corrected chi connectivity index (χ4v) is 4.48. The molecule has 2 aliphatic heterocycles. The Kier molecular flexibility index (Phi) is 4.73. The first-order valence-corrected chi connectivity index (χ1v) is 9.08. The first kappa shape index (κ1) is 16.5. The summed E-state index contributed by atoms with van der Waals surface area (Å²) < 4.78 is 5.09. The van der Waals surface area contributed by atoms with Gasteiger partial charge in [0.1, 0.15) is 0 Å². The van der Waals surface area contributed by atoms with Crippen molar-refractivity contribution in [2.24, 2.45) is 11.3 Å². The van der Waals surface area contributed by atoms with Crippen molar-refractivity contribution in [3.05, 3.63) is 22.4 Å². The Morgan fingerprint density at radius 1 is 1.52 bits per heavy atom. The molecule has 1 aromatic rings. The van der Waals surface area contributed by atoms with Gasteiger partial charge in [-0.3, -0.25) is 9.59 Å². The Morgan fingerprint density at radius 3 is 3.04 bits per heavy atom. The Labute approximate surface area is 141 Å². The summed E-state index contributed by atoms with van der Waals surface area (Å²) in [5.74, 6) is 0.553. The Balaban J connectivity index is 1.66. The van der Waals surface area contributed by atoms with Gasteiger partial charge >= 0.3 is 0 Å². The van der Waals surface area contributed by atoms with Crippen molar-refractivity contribution >= 4 is 23.2 Å². The minimum absolute atomic E-state index is 0.135. The van der Waals surface area contributed by atoms with Crippen LogP contribution < -0.4 is 0 Å². The standard InChI is InChI=1S/C17H24N2O3S/c1-13-10-19(15(20)9-14-3-8-23-11-14)12-17(13)4-5-18(16(17)21)6-7-22-2/h3,8,11,13H,4-7,9-10,12H2,1-2H3/t13-,17-/m0/s1. The minimum atomic E-state index is -0.377. The zero-order valence-electron chi connectivity index (χ0n) is 13.8. The number of nitrogens with zero attached hydrogens (tertiary/aromatic N) is 2. The van der Waals surface area contributed by atoms with Crippen molar-refractivity contribution in [1.82, 2.24) is 9.80 Å². The summed E-state index contributed by atoms with van der Waals surface area (Å²) in [7, 11) is 1.65. The van der Waals surface area contributed by atoms with Crippen LogP contribution in [0.15, 0.2) is 16.8 Å². The third-order valence-electron chi connectivity index (χ3n) is 5.31. The van der Waals surface area contributed by atoms with Crippen molar-refractivity contribution < 1.29 is 14.3 Å². The lowest BCUT2D eigenvalue weighted by molar-refractivity contribution is -0.138. The third-order valence-corrected chi connectivity index (χ3v) is 6.04. The third kappa shape index (κ3) is 3.02. The number of carbonyl (C=O) groups is 2. The first-order chi connectivity index (χ1) is 11.1. The molecule has 2 saturated heterocycles. The molecule has 0 aliphatic carbocycles. The SMILES string of the molecule is COCCN1CC[C@@]2(CN(C(=O)Cc3ccsc3)C[C@@H]2C)C1=O. The molecule has 0 aromatic carbocycles. The average molecular weight is 336 g/mol. The van der Waals surface area contributed by atoms with Crippen LogP contribution in [-0.4, -0.2) is 61.5 Å². The topological polar surface area (TPSA) is 49.9 Å². The number of hydrogen-bond donors (Lipinski definition) is 0. The highest BCUT2D eigenvalue weighted by atomic mass is 32.1. The van der Waals surface area contributed by atoms with Gasteiger partial charge in [0, 0.05) is 33.3 Å². The van der Waals surface area contributed by atoms with Crippen molar-refractivity contribution in [2.45, 2.75) is 19.8 Å². The summed E-state index contributed by atoms with van der Waals surface area (Å²) in [6.07, 6.45) is 1.28.